The summed E-state index contributed by atoms with van der Waals surface area (Å²) in [6.07, 6.45) is 0. The number of nitro groups is 1. The Morgan fingerprint density at radius 1 is 1.26 bits per heavy atom. The number of benzene rings is 2. The van der Waals surface area contributed by atoms with E-state index in [9.17, 15) is 14.5 Å². The van der Waals surface area contributed by atoms with Gasteiger partial charge in [0.2, 0.25) is 0 Å². The van der Waals surface area contributed by atoms with E-state index in [-0.39, 0.29) is 11.4 Å². The first-order valence-corrected chi connectivity index (χ1v) is 5.72. The molecule has 19 heavy (non-hydrogen) atoms. The van der Waals surface area contributed by atoms with Crippen LogP contribution in [-0.4, -0.2) is 4.92 Å². The molecule has 0 aliphatic rings. The largest absolute Gasteiger partial charge is 0.457 e. The van der Waals surface area contributed by atoms with Gasteiger partial charge < -0.3 is 4.74 Å². The summed E-state index contributed by atoms with van der Waals surface area (Å²) >= 11 is 5.83. The van der Waals surface area contributed by atoms with Gasteiger partial charge in [-0.25, -0.2) is 4.39 Å². The molecule has 0 amide bonds. The van der Waals surface area contributed by atoms with E-state index in [1.807, 2.05) is 0 Å². The van der Waals surface area contributed by atoms with E-state index in [1.165, 1.54) is 0 Å². The molecule has 2 rings (SSSR count). The van der Waals surface area contributed by atoms with Crippen LogP contribution in [0, 0.1) is 22.9 Å². The predicted octanol–water partition coefficient (Wildman–Crippen LogP) is 4.49. The third kappa shape index (κ3) is 3.20. The van der Waals surface area contributed by atoms with E-state index in [0.717, 1.165) is 23.8 Å². The van der Waals surface area contributed by atoms with Gasteiger partial charge in [0.25, 0.3) is 5.69 Å². The van der Waals surface area contributed by atoms with Gasteiger partial charge in [-0.05, 0) is 24.6 Å². The lowest BCUT2D eigenvalue weighted by molar-refractivity contribution is -0.385. The lowest BCUT2D eigenvalue weighted by Crippen LogP contribution is -1.92. The van der Waals surface area contributed by atoms with Gasteiger partial charge in [0.1, 0.15) is 17.3 Å². The van der Waals surface area contributed by atoms with Crippen LogP contribution in [0.25, 0.3) is 0 Å². The van der Waals surface area contributed by atoms with Crippen LogP contribution in [0.1, 0.15) is 5.56 Å². The number of ether oxygens (including phenoxy) is 1. The van der Waals surface area contributed by atoms with Crippen molar-refractivity contribution in [3.8, 4) is 11.5 Å². The summed E-state index contributed by atoms with van der Waals surface area (Å²) in [5.41, 5.74) is 0.422. The maximum Gasteiger partial charge on any atom is 0.276 e. The Balaban J connectivity index is 2.38. The summed E-state index contributed by atoms with van der Waals surface area (Å²) in [7, 11) is 0. The van der Waals surface area contributed by atoms with Crippen molar-refractivity contribution in [3.63, 3.8) is 0 Å². The van der Waals surface area contributed by atoms with Crippen LogP contribution in [0.4, 0.5) is 10.1 Å². The molecule has 2 aromatic rings. The van der Waals surface area contributed by atoms with Crippen molar-refractivity contribution in [1.82, 2.24) is 0 Å². The molecule has 0 saturated heterocycles. The Morgan fingerprint density at radius 2 is 2.00 bits per heavy atom. The third-order valence-electron chi connectivity index (χ3n) is 2.44. The number of hydrogen-bond acceptors (Lipinski definition) is 3. The Morgan fingerprint density at radius 3 is 2.68 bits per heavy atom. The number of non-ortho nitro benzene ring substituents is 1. The first-order chi connectivity index (χ1) is 8.95. The van der Waals surface area contributed by atoms with Crippen LogP contribution in [0.15, 0.2) is 36.4 Å². The Labute approximate surface area is 113 Å². The highest BCUT2D eigenvalue weighted by molar-refractivity contribution is 6.30. The molecule has 98 valence electrons. The average Bonchev–Trinajstić information content (AvgIpc) is 2.33. The smallest absolute Gasteiger partial charge is 0.276 e. The highest BCUT2D eigenvalue weighted by Crippen LogP contribution is 2.30. The quantitative estimate of drug-likeness (QED) is 0.615. The summed E-state index contributed by atoms with van der Waals surface area (Å²) in [6.45, 7) is 1.79. The fraction of sp³-hybridized carbons (Fsp3) is 0.0769. The Hall–Kier alpha value is -2.14. The minimum Gasteiger partial charge on any atom is -0.457 e. The Kier molecular flexibility index (Phi) is 3.66. The van der Waals surface area contributed by atoms with Gasteiger partial charge in [-0.2, -0.15) is 0 Å². The summed E-state index contributed by atoms with van der Waals surface area (Å²) in [5.74, 6) is -0.256. The second kappa shape index (κ2) is 5.24. The minimum absolute atomic E-state index is 0.0528. The molecular weight excluding hydrogens is 273 g/mol. The van der Waals surface area contributed by atoms with Crippen LogP contribution in [-0.2, 0) is 0 Å². The summed E-state index contributed by atoms with van der Waals surface area (Å²) < 4.78 is 18.7. The van der Waals surface area contributed by atoms with E-state index >= 15 is 0 Å². The standard InChI is InChI=1S/C13H9ClFNO3/c1-8-2-3-9(14)4-13(8)19-12-6-10(15)5-11(7-12)16(17)18/h2-7H,1H3. The van der Waals surface area contributed by atoms with Crippen LogP contribution >= 0.6 is 11.6 Å². The second-order valence-corrected chi connectivity index (χ2v) is 4.35. The van der Waals surface area contributed by atoms with Gasteiger partial charge in [-0.15, -0.1) is 0 Å². The van der Waals surface area contributed by atoms with E-state index in [4.69, 9.17) is 16.3 Å². The molecule has 0 bridgehead atoms. The highest BCUT2D eigenvalue weighted by Gasteiger charge is 2.12. The second-order valence-electron chi connectivity index (χ2n) is 3.91. The third-order valence-corrected chi connectivity index (χ3v) is 2.68. The van der Waals surface area contributed by atoms with E-state index in [1.54, 1.807) is 25.1 Å². The summed E-state index contributed by atoms with van der Waals surface area (Å²) in [6, 6.07) is 8.06. The lowest BCUT2D eigenvalue weighted by Gasteiger charge is -2.09. The van der Waals surface area contributed by atoms with Crippen molar-refractivity contribution in [1.29, 1.82) is 0 Å². The fourth-order valence-electron chi connectivity index (χ4n) is 1.52. The zero-order chi connectivity index (χ0) is 14.0. The number of aryl methyl sites for hydroxylation is 1. The summed E-state index contributed by atoms with van der Waals surface area (Å²) in [4.78, 5) is 9.96. The number of nitro benzene ring substituents is 1. The molecule has 0 saturated carbocycles. The average molecular weight is 282 g/mol. The molecule has 0 aliphatic carbocycles. The molecule has 0 spiro atoms. The number of halogens is 2. The molecule has 0 aromatic heterocycles. The van der Waals surface area contributed by atoms with Crippen LogP contribution in [0.5, 0.6) is 11.5 Å². The first kappa shape index (κ1) is 13.3. The van der Waals surface area contributed by atoms with Crippen LogP contribution in [0.3, 0.4) is 0 Å². The van der Waals surface area contributed by atoms with Gasteiger partial charge >= 0.3 is 0 Å². The van der Waals surface area contributed by atoms with Crippen molar-refractivity contribution in [2.75, 3.05) is 0 Å². The van der Waals surface area contributed by atoms with Gasteiger partial charge in [-0.1, -0.05) is 17.7 Å². The van der Waals surface area contributed by atoms with Crippen molar-refractivity contribution in [2.24, 2.45) is 0 Å². The summed E-state index contributed by atoms with van der Waals surface area (Å²) in [5, 5.41) is 11.1. The number of nitrogens with zero attached hydrogens (tertiary/aromatic N) is 1. The van der Waals surface area contributed by atoms with Crippen molar-refractivity contribution in [3.05, 3.63) is 62.9 Å². The normalized spacial score (nSPS) is 10.3. The minimum atomic E-state index is -0.733. The molecule has 2 aromatic carbocycles. The number of hydrogen-bond donors (Lipinski definition) is 0. The van der Waals surface area contributed by atoms with Gasteiger partial charge in [-0.3, -0.25) is 10.1 Å². The van der Waals surface area contributed by atoms with E-state index in [2.05, 4.69) is 0 Å². The van der Waals surface area contributed by atoms with E-state index in [0.29, 0.717) is 10.8 Å². The van der Waals surface area contributed by atoms with Gasteiger partial charge in [0.05, 0.1) is 17.1 Å². The molecule has 0 heterocycles. The maximum absolute atomic E-state index is 13.3. The van der Waals surface area contributed by atoms with Crippen molar-refractivity contribution in [2.45, 2.75) is 6.92 Å². The molecular formula is C13H9ClFNO3. The molecule has 6 heteroatoms. The van der Waals surface area contributed by atoms with Crippen LogP contribution < -0.4 is 4.74 Å². The van der Waals surface area contributed by atoms with Crippen molar-refractivity contribution >= 4 is 17.3 Å². The van der Waals surface area contributed by atoms with Gasteiger partial charge in [0, 0.05) is 11.1 Å². The van der Waals surface area contributed by atoms with Gasteiger partial charge in [0.15, 0.2) is 0 Å². The molecule has 0 radical (unpaired) electrons. The van der Waals surface area contributed by atoms with Crippen molar-refractivity contribution < 1.29 is 14.1 Å². The molecule has 0 fully saturated rings. The maximum atomic E-state index is 13.3. The zero-order valence-electron chi connectivity index (χ0n) is 9.89. The zero-order valence-corrected chi connectivity index (χ0v) is 10.6. The Bertz CT molecular complexity index is 646. The molecule has 0 unspecified atom stereocenters. The highest BCUT2D eigenvalue weighted by atomic mass is 35.5. The number of rotatable bonds is 3. The molecule has 0 aliphatic heterocycles. The SMILES string of the molecule is Cc1ccc(Cl)cc1Oc1cc(F)cc([N+](=O)[O-])c1. The molecule has 4 nitrogen and oxygen atoms in total. The molecule has 0 N–H and O–H groups in total. The molecule has 0 atom stereocenters. The fourth-order valence-corrected chi connectivity index (χ4v) is 1.69. The predicted molar refractivity (Wildman–Crippen MR) is 69.3 cm³/mol. The lowest BCUT2D eigenvalue weighted by atomic mass is 10.2. The monoisotopic (exact) mass is 281 g/mol. The first-order valence-electron chi connectivity index (χ1n) is 5.35. The van der Waals surface area contributed by atoms with Crippen LogP contribution in [0.2, 0.25) is 5.02 Å². The topological polar surface area (TPSA) is 52.4 Å². The van der Waals surface area contributed by atoms with E-state index < -0.39 is 10.7 Å².